The average Bonchev–Trinajstić information content (AvgIpc) is 3.61. The number of hydrogen-bond acceptors (Lipinski definition) is 5. The molecule has 0 atom stereocenters. The lowest BCUT2D eigenvalue weighted by Crippen LogP contribution is -2.26. The Balaban J connectivity index is 1.61. The molecular formula is C30H30N2O4. The van der Waals surface area contributed by atoms with Crippen molar-refractivity contribution < 1.29 is 19.1 Å². The molecule has 0 bridgehead atoms. The molecule has 0 unspecified atom stereocenters. The maximum atomic E-state index is 13.0. The van der Waals surface area contributed by atoms with Gasteiger partial charge in [-0.05, 0) is 80.5 Å². The fourth-order valence-electron chi connectivity index (χ4n) is 4.52. The van der Waals surface area contributed by atoms with Gasteiger partial charge < -0.3 is 9.47 Å². The molecule has 1 fully saturated rings. The van der Waals surface area contributed by atoms with Crippen molar-refractivity contribution in [1.82, 2.24) is 9.55 Å². The summed E-state index contributed by atoms with van der Waals surface area (Å²) in [5.41, 5.74) is 5.33. The van der Waals surface area contributed by atoms with Crippen LogP contribution in [0.5, 0.6) is 0 Å². The summed E-state index contributed by atoms with van der Waals surface area (Å²) in [5.74, 6) is 0.115. The molecular weight excluding hydrogens is 452 g/mol. The predicted molar refractivity (Wildman–Crippen MR) is 139 cm³/mol. The van der Waals surface area contributed by atoms with Gasteiger partial charge in [-0.25, -0.2) is 9.59 Å². The number of fused-ring (bicyclic) bond motifs is 1. The maximum absolute atomic E-state index is 13.0. The maximum Gasteiger partial charge on any atom is 0.419 e. The van der Waals surface area contributed by atoms with E-state index < -0.39 is 11.7 Å². The minimum atomic E-state index is -0.608. The number of pyridine rings is 1. The summed E-state index contributed by atoms with van der Waals surface area (Å²) in [6, 6.07) is 17.9. The van der Waals surface area contributed by atoms with E-state index in [2.05, 4.69) is 11.1 Å². The molecule has 1 aliphatic carbocycles. The Morgan fingerprint density at radius 3 is 2.47 bits per heavy atom. The van der Waals surface area contributed by atoms with Crippen LogP contribution in [-0.4, -0.2) is 34.3 Å². The highest BCUT2D eigenvalue weighted by Gasteiger charge is 2.26. The number of hydrogen-bond donors (Lipinski definition) is 0. The molecule has 4 aromatic rings. The molecule has 6 nitrogen and oxygen atoms in total. The summed E-state index contributed by atoms with van der Waals surface area (Å²) in [7, 11) is 1.40. The molecule has 0 saturated heterocycles. The Bertz CT molecular complexity index is 1440. The fraction of sp³-hybridized carbons (Fsp3) is 0.300. The van der Waals surface area contributed by atoms with E-state index in [1.165, 1.54) is 7.11 Å². The van der Waals surface area contributed by atoms with Crippen molar-refractivity contribution in [2.24, 2.45) is 0 Å². The number of methoxy groups -OCH3 is 1. The van der Waals surface area contributed by atoms with Gasteiger partial charge >= 0.3 is 12.1 Å². The van der Waals surface area contributed by atoms with Crippen LogP contribution in [0.15, 0.2) is 67.0 Å². The van der Waals surface area contributed by atoms with Gasteiger partial charge in [-0.3, -0.25) is 9.55 Å². The normalized spacial score (nSPS) is 13.6. The Kier molecular flexibility index (Phi) is 6.12. The van der Waals surface area contributed by atoms with E-state index in [0.717, 1.165) is 46.0 Å². The SMILES string of the molecule is COC(=O)c1cc(C2CC2)cnc1Cc1cc(-c2ccccc2)c2c(ccn2C(=O)OC(C)(C)C)c1. The molecule has 1 saturated carbocycles. The first-order valence-electron chi connectivity index (χ1n) is 12.2. The zero-order valence-corrected chi connectivity index (χ0v) is 21.1. The second-order valence-electron chi connectivity index (χ2n) is 10.3. The standard InChI is InChI=1S/C30H30N2O4/c1-30(2,3)36-29(34)32-13-12-22-14-19(15-24(27(22)32)21-8-6-5-7-9-21)16-26-25(28(33)35-4)17-23(18-31-26)20-10-11-20/h5-9,12-15,17-18,20H,10-11,16H2,1-4H3. The minimum absolute atomic E-state index is 0.375. The molecule has 184 valence electrons. The van der Waals surface area contributed by atoms with Gasteiger partial charge in [-0.15, -0.1) is 0 Å². The zero-order valence-electron chi connectivity index (χ0n) is 21.1. The van der Waals surface area contributed by atoms with Crippen molar-refractivity contribution in [2.45, 2.75) is 51.6 Å². The molecule has 0 N–H and O–H groups in total. The van der Waals surface area contributed by atoms with Gasteiger partial charge in [0.05, 0.1) is 23.9 Å². The second kappa shape index (κ2) is 9.26. The van der Waals surface area contributed by atoms with Crippen LogP contribution in [0.2, 0.25) is 0 Å². The Labute approximate surface area is 210 Å². The van der Waals surface area contributed by atoms with Crippen molar-refractivity contribution >= 4 is 23.0 Å². The lowest BCUT2D eigenvalue weighted by molar-refractivity contribution is 0.0542. The van der Waals surface area contributed by atoms with Gasteiger partial charge in [0.15, 0.2) is 0 Å². The summed E-state index contributed by atoms with van der Waals surface area (Å²) < 4.78 is 12.3. The zero-order chi connectivity index (χ0) is 25.4. The lowest BCUT2D eigenvalue weighted by Gasteiger charge is -2.20. The number of carbonyl (C=O) groups excluding carboxylic acids is 2. The van der Waals surface area contributed by atoms with E-state index in [9.17, 15) is 9.59 Å². The number of esters is 1. The van der Waals surface area contributed by atoms with Crippen LogP contribution in [0.25, 0.3) is 22.0 Å². The van der Waals surface area contributed by atoms with Crippen molar-refractivity contribution in [1.29, 1.82) is 0 Å². The molecule has 0 radical (unpaired) electrons. The first kappa shape index (κ1) is 23.8. The van der Waals surface area contributed by atoms with Crippen LogP contribution < -0.4 is 0 Å². The summed E-state index contributed by atoms with van der Waals surface area (Å²) in [5, 5.41) is 0.909. The van der Waals surface area contributed by atoms with E-state index in [1.807, 2.05) is 75.5 Å². The van der Waals surface area contributed by atoms with Crippen molar-refractivity contribution in [2.75, 3.05) is 7.11 Å². The minimum Gasteiger partial charge on any atom is -0.465 e. The van der Waals surface area contributed by atoms with Crippen LogP contribution in [0, 0.1) is 0 Å². The number of aromatic nitrogens is 2. The quantitative estimate of drug-likeness (QED) is 0.295. The molecule has 0 aliphatic heterocycles. The van der Waals surface area contributed by atoms with Crippen LogP contribution in [0.1, 0.15) is 66.7 Å². The predicted octanol–water partition coefficient (Wildman–Crippen LogP) is 6.74. The number of benzene rings is 2. The highest BCUT2D eigenvalue weighted by atomic mass is 16.6. The van der Waals surface area contributed by atoms with Gasteiger partial charge in [-0.2, -0.15) is 0 Å². The molecule has 0 amide bonds. The first-order chi connectivity index (χ1) is 17.2. The summed E-state index contributed by atoms with van der Waals surface area (Å²) >= 11 is 0. The fourth-order valence-corrected chi connectivity index (χ4v) is 4.52. The average molecular weight is 483 g/mol. The summed E-state index contributed by atoms with van der Waals surface area (Å²) in [6.07, 6.45) is 5.93. The first-order valence-corrected chi connectivity index (χ1v) is 12.2. The third-order valence-electron chi connectivity index (χ3n) is 6.34. The molecule has 2 heterocycles. The lowest BCUT2D eigenvalue weighted by atomic mass is 9.96. The van der Waals surface area contributed by atoms with Gasteiger partial charge in [0.2, 0.25) is 0 Å². The Hall–Kier alpha value is -3.93. The highest BCUT2D eigenvalue weighted by molar-refractivity contribution is 6.00. The number of carbonyl (C=O) groups is 2. The third kappa shape index (κ3) is 4.89. The van der Waals surface area contributed by atoms with Crippen LogP contribution in [0.4, 0.5) is 4.79 Å². The highest BCUT2D eigenvalue weighted by Crippen LogP contribution is 2.40. The smallest absolute Gasteiger partial charge is 0.419 e. The molecule has 2 aromatic carbocycles. The number of ether oxygens (including phenoxy) is 2. The Morgan fingerprint density at radius 2 is 1.81 bits per heavy atom. The summed E-state index contributed by atoms with van der Waals surface area (Å²) in [6.45, 7) is 5.56. The monoisotopic (exact) mass is 482 g/mol. The van der Waals surface area contributed by atoms with E-state index in [4.69, 9.17) is 9.47 Å². The topological polar surface area (TPSA) is 70.4 Å². The number of nitrogens with zero attached hydrogens (tertiary/aromatic N) is 2. The van der Waals surface area contributed by atoms with Gasteiger partial charge in [-0.1, -0.05) is 30.3 Å². The van der Waals surface area contributed by atoms with E-state index >= 15 is 0 Å². The molecule has 2 aromatic heterocycles. The van der Waals surface area contributed by atoms with Gasteiger partial charge in [0.1, 0.15) is 5.60 Å². The van der Waals surface area contributed by atoms with Crippen LogP contribution >= 0.6 is 0 Å². The molecule has 1 aliphatic rings. The second-order valence-corrected chi connectivity index (χ2v) is 10.3. The Morgan fingerprint density at radius 1 is 1.06 bits per heavy atom. The van der Waals surface area contributed by atoms with Crippen molar-refractivity contribution in [3.05, 3.63) is 89.4 Å². The largest absolute Gasteiger partial charge is 0.465 e. The number of rotatable bonds is 5. The molecule has 6 heteroatoms. The van der Waals surface area contributed by atoms with E-state index in [1.54, 1.807) is 10.8 Å². The third-order valence-corrected chi connectivity index (χ3v) is 6.34. The van der Waals surface area contributed by atoms with Crippen molar-refractivity contribution in [3.63, 3.8) is 0 Å². The van der Waals surface area contributed by atoms with Crippen molar-refractivity contribution in [3.8, 4) is 11.1 Å². The molecule has 36 heavy (non-hydrogen) atoms. The molecule has 5 rings (SSSR count). The van der Waals surface area contributed by atoms with Crippen LogP contribution in [0.3, 0.4) is 0 Å². The van der Waals surface area contributed by atoms with Crippen LogP contribution in [-0.2, 0) is 15.9 Å². The molecule has 0 spiro atoms. The van der Waals surface area contributed by atoms with E-state index in [-0.39, 0.29) is 5.97 Å². The summed E-state index contributed by atoms with van der Waals surface area (Å²) in [4.78, 5) is 30.3. The van der Waals surface area contributed by atoms with Gasteiger partial charge in [0, 0.05) is 29.8 Å². The van der Waals surface area contributed by atoms with Gasteiger partial charge in [0.25, 0.3) is 0 Å². The van der Waals surface area contributed by atoms with E-state index in [0.29, 0.717) is 23.6 Å².